The highest BCUT2D eigenvalue weighted by Crippen LogP contribution is 2.33. The van der Waals surface area contributed by atoms with Crippen LogP contribution in [0.5, 0.6) is 0 Å². The zero-order valence-electron chi connectivity index (χ0n) is 12.6. The van der Waals surface area contributed by atoms with Gasteiger partial charge in [0.2, 0.25) is 5.91 Å². The summed E-state index contributed by atoms with van der Waals surface area (Å²) in [5.41, 5.74) is 1.29. The van der Waals surface area contributed by atoms with Crippen LogP contribution in [0.3, 0.4) is 0 Å². The highest BCUT2D eigenvalue weighted by molar-refractivity contribution is 7.16. The molecule has 2 heterocycles. The largest absolute Gasteiger partial charge is 0.462 e. The molecule has 1 amide bonds. The molecule has 4 nitrogen and oxygen atoms in total. The highest BCUT2D eigenvalue weighted by Gasteiger charge is 2.21. The molecule has 0 aromatic carbocycles. The van der Waals surface area contributed by atoms with E-state index in [1.807, 2.05) is 31.4 Å². The van der Waals surface area contributed by atoms with Crippen LogP contribution in [0.2, 0.25) is 0 Å². The zero-order valence-corrected chi connectivity index (χ0v) is 14.3. The van der Waals surface area contributed by atoms with Crippen LogP contribution < -0.4 is 5.32 Å². The van der Waals surface area contributed by atoms with Crippen LogP contribution in [-0.4, -0.2) is 18.5 Å². The Labute approximate surface area is 137 Å². The fraction of sp³-hybridized carbons (Fsp3) is 0.250. The van der Waals surface area contributed by atoms with Crippen molar-refractivity contribution in [2.75, 3.05) is 11.9 Å². The number of anilines is 1. The molecule has 2 rings (SSSR count). The van der Waals surface area contributed by atoms with E-state index in [2.05, 4.69) is 5.32 Å². The van der Waals surface area contributed by atoms with E-state index in [1.165, 1.54) is 17.4 Å². The number of hydrogen-bond acceptors (Lipinski definition) is 5. The van der Waals surface area contributed by atoms with Crippen LogP contribution in [0, 0.1) is 13.8 Å². The zero-order chi connectivity index (χ0) is 16.1. The van der Waals surface area contributed by atoms with Gasteiger partial charge in [0.15, 0.2) is 0 Å². The van der Waals surface area contributed by atoms with Crippen molar-refractivity contribution >= 4 is 45.6 Å². The van der Waals surface area contributed by atoms with Crippen molar-refractivity contribution in [2.24, 2.45) is 0 Å². The van der Waals surface area contributed by atoms with Gasteiger partial charge in [0.1, 0.15) is 5.00 Å². The smallest absolute Gasteiger partial charge is 0.341 e. The quantitative estimate of drug-likeness (QED) is 0.656. The normalized spacial score (nSPS) is 10.9. The number of thiophene rings is 2. The SMILES string of the molecule is CCOC(=O)c1c(NC(=O)C=Cc2cccs2)sc(C)c1C. The molecular formula is C16H17NO3S2. The molecule has 0 aliphatic rings. The van der Waals surface area contributed by atoms with Crippen molar-refractivity contribution in [1.29, 1.82) is 0 Å². The van der Waals surface area contributed by atoms with Crippen LogP contribution in [0.15, 0.2) is 23.6 Å². The number of hydrogen-bond donors (Lipinski definition) is 1. The molecule has 0 saturated carbocycles. The van der Waals surface area contributed by atoms with Gasteiger partial charge in [-0.25, -0.2) is 4.79 Å². The molecule has 1 N–H and O–H groups in total. The minimum atomic E-state index is -0.401. The molecule has 0 unspecified atom stereocenters. The van der Waals surface area contributed by atoms with Crippen LogP contribution in [-0.2, 0) is 9.53 Å². The Bertz CT molecular complexity index is 699. The van der Waals surface area contributed by atoms with E-state index in [0.29, 0.717) is 17.2 Å². The van der Waals surface area contributed by atoms with E-state index in [-0.39, 0.29) is 5.91 Å². The summed E-state index contributed by atoms with van der Waals surface area (Å²) in [5.74, 6) is -0.665. The van der Waals surface area contributed by atoms with Gasteiger partial charge in [0.05, 0.1) is 12.2 Å². The molecule has 2 aromatic rings. The van der Waals surface area contributed by atoms with E-state index in [1.54, 1.807) is 24.3 Å². The molecule has 6 heteroatoms. The summed E-state index contributed by atoms with van der Waals surface area (Å²) in [6.45, 7) is 5.84. The highest BCUT2D eigenvalue weighted by atomic mass is 32.1. The Kier molecular flexibility index (Phi) is 5.51. The molecule has 116 valence electrons. The first-order valence-electron chi connectivity index (χ1n) is 6.82. The second-order valence-corrected chi connectivity index (χ2v) is 6.75. The lowest BCUT2D eigenvalue weighted by atomic mass is 10.1. The van der Waals surface area contributed by atoms with Crippen molar-refractivity contribution in [2.45, 2.75) is 20.8 Å². The maximum Gasteiger partial charge on any atom is 0.341 e. The first-order chi connectivity index (χ1) is 10.5. The second kappa shape index (κ2) is 7.38. The summed E-state index contributed by atoms with van der Waals surface area (Å²) in [7, 11) is 0. The molecule has 0 spiro atoms. The third kappa shape index (κ3) is 3.84. The minimum Gasteiger partial charge on any atom is -0.462 e. The number of ether oxygens (including phenoxy) is 1. The lowest BCUT2D eigenvalue weighted by molar-refractivity contribution is -0.111. The number of nitrogens with one attached hydrogen (secondary N) is 1. The molecule has 0 fully saturated rings. The first kappa shape index (κ1) is 16.5. The van der Waals surface area contributed by atoms with Crippen molar-refractivity contribution in [3.63, 3.8) is 0 Å². The Balaban J connectivity index is 2.17. The number of rotatable bonds is 5. The Hall–Kier alpha value is -1.92. The van der Waals surface area contributed by atoms with Crippen LogP contribution in [0.25, 0.3) is 6.08 Å². The average molecular weight is 335 g/mol. The maximum absolute atomic E-state index is 12.0. The average Bonchev–Trinajstić information content (AvgIpc) is 3.06. The summed E-state index contributed by atoms with van der Waals surface area (Å²) in [4.78, 5) is 26.1. The molecule has 0 aliphatic heterocycles. The summed E-state index contributed by atoms with van der Waals surface area (Å²) in [5, 5.41) is 5.25. The van der Waals surface area contributed by atoms with Crippen LogP contribution in [0.4, 0.5) is 5.00 Å². The first-order valence-corrected chi connectivity index (χ1v) is 8.52. The number of carbonyl (C=O) groups is 2. The van der Waals surface area contributed by atoms with Gasteiger partial charge in [-0.15, -0.1) is 22.7 Å². The predicted molar refractivity (Wildman–Crippen MR) is 91.7 cm³/mol. The van der Waals surface area contributed by atoms with Crippen molar-refractivity contribution in [1.82, 2.24) is 0 Å². The van der Waals surface area contributed by atoms with Gasteiger partial charge in [-0.2, -0.15) is 0 Å². The predicted octanol–water partition coefficient (Wildman–Crippen LogP) is 4.26. The molecule has 0 radical (unpaired) electrons. The van der Waals surface area contributed by atoms with Crippen LogP contribution in [0.1, 0.15) is 32.6 Å². The molecule has 0 saturated heterocycles. The second-order valence-electron chi connectivity index (χ2n) is 4.55. The monoisotopic (exact) mass is 335 g/mol. The van der Waals surface area contributed by atoms with E-state index >= 15 is 0 Å². The number of aryl methyl sites for hydroxylation is 1. The topological polar surface area (TPSA) is 55.4 Å². The molecule has 0 atom stereocenters. The van der Waals surface area contributed by atoms with Gasteiger partial charge in [-0.1, -0.05) is 6.07 Å². The molecule has 0 aliphatic carbocycles. The lowest BCUT2D eigenvalue weighted by Crippen LogP contribution is -2.12. The number of amides is 1. The van der Waals surface area contributed by atoms with E-state index in [9.17, 15) is 9.59 Å². The van der Waals surface area contributed by atoms with E-state index in [0.717, 1.165) is 15.3 Å². The summed E-state index contributed by atoms with van der Waals surface area (Å²) < 4.78 is 5.06. The third-order valence-corrected chi connectivity index (χ3v) is 5.00. The van der Waals surface area contributed by atoms with Gasteiger partial charge >= 0.3 is 5.97 Å². The lowest BCUT2D eigenvalue weighted by Gasteiger charge is -2.05. The fourth-order valence-corrected chi connectivity index (χ4v) is 3.53. The minimum absolute atomic E-state index is 0.264. The number of esters is 1. The summed E-state index contributed by atoms with van der Waals surface area (Å²) in [6, 6.07) is 3.85. The fourth-order valence-electron chi connectivity index (χ4n) is 1.86. The molecule has 0 bridgehead atoms. The van der Waals surface area contributed by atoms with E-state index in [4.69, 9.17) is 4.74 Å². The van der Waals surface area contributed by atoms with Gasteiger partial charge < -0.3 is 10.1 Å². The van der Waals surface area contributed by atoms with Gasteiger partial charge in [-0.05, 0) is 43.9 Å². The van der Waals surface area contributed by atoms with Gasteiger partial charge in [0.25, 0.3) is 0 Å². The van der Waals surface area contributed by atoms with Gasteiger partial charge in [0, 0.05) is 15.8 Å². The van der Waals surface area contributed by atoms with Crippen molar-refractivity contribution in [3.05, 3.63) is 44.5 Å². The Morgan fingerprint density at radius 1 is 1.36 bits per heavy atom. The molecular weight excluding hydrogens is 318 g/mol. The summed E-state index contributed by atoms with van der Waals surface area (Å²) in [6.07, 6.45) is 3.21. The van der Waals surface area contributed by atoms with Crippen molar-refractivity contribution < 1.29 is 14.3 Å². The molecule has 2 aromatic heterocycles. The maximum atomic E-state index is 12.0. The third-order valence-electron chi connectivity index (χ3n) is 3.04. The van der Waals surface area contributed by atoms with Gasteiger partial charge in [-0.3, -0.25) is 4.79 Å². The Morgan fingerprint density at radius 3 is 2.77 bits per heavy atom. The van der Waals surface area contributed by atoms with Crippen molar-refractivity contribution in [3.8, 4) is 0 Å². The number of carbonyl (C=O) groups excluding carboxylic acids is 2. The van der Waals surface area contributed by atoms with E-state index < -0.39 is 5.97 Å². The molecule has 22 heavy (non-hydrogen) atoms. The summed E-state index contributed by atoms with van der Waals surface area (Å²) >= 11 is 2.94. The van der Waals surface area contributed by atoms with Crippen LogP contribution >= 0.6 is 22.7 Å². The standard InChI is InChI=1S/C16H17NO3S2/c1-4-20-16(19)14-10(2)11(3)22-15(14)17-13(18)8-7-12-6-5-9-21-12/h5-9H,4H2,1-3H3,(H,17,18). The Morgan fingerprint density at radius 2 is 2.14 bits per heavy atom.